The number of likely N-dealkylation sites (N-methyl/N-ethyl adjacent to an activating group) is 1. The number of halogens is 2. The van der Waals surface area contributed by atoms with Crippen LogP contribution in [-0.2, 0) is 13.0 Å². The highest BCUT2D eigenvalue weighted by molar-refractivity contribution is 7.22. The first-order chi connectivity index (χ1) is 30.2. The van der Waals surface area contributed by atoms with Crippen molar-refractivity contribution in [2.24, 2.45) is 0 Å². The fourth-order valence-electron chi connectivity index (χ4n) is 7.42. The molecule has 0 bridgehead atoms. The van der Waals surface area contributed by atoms with Crippen molar-refractivity contribution < 1.29 is 33.6 Å². The van der Waals surface area contributed by atoms with Gasteiger partial charge in [0.05, 0.1) is 28.8 Å². The molecule has 0 aliphatic carbocycles. The molecular weight excluding hydrogens is 831 g/mol. The predicted octanol–water partition coefficient (Wildman–Crippen LogP) is 8.10. The number of aromatic nitrogens is 4. The Balaban J connectivity index is 1.08. The van der Waals surface area contributed by atoms with E-state index >= 15 is 0 Å². The molecule has 1 atom stereocenters. The summed E-state index contributed by atoms with van der Waals surface area (Å²) in [5, 5.41) is 22.6. The van der Waals surface area contributed by atoms with Crippen molar-refractivity contribution in [3.63, 3.8) is 0 Å². The summed E-state index contributed by atoms with van der Waals surface area (Å²) >= 11 is 8.45. The van der Waals surface area contributed by atoms with Crippen LogP contribution < -0.4 is 18.9 Å². The Morgan fingerprint density at radius 3 is 2.37 bits per heavy atom. The highest BCUT2D eigenvalue weighted by Crippen LogP contribution is 2.49. The zero-order chi connectivity index (χ0) is 43.2. The maximum atomic E-state index is 14.2. The largest absolute Gasteiger partial charge is 0.496 e. The Kier molecular flexibility index (Phi) is 13.5. The van der Waals surface area contributed by atoms with Crippen molar-refractivity contribution in [3.8, 4) is 56.1 Å². The summed E-state index contributed by atoms with van der Waals surface area (Å²) in [6.45, 7) is 7.33. The Labute approximate surface area is 368 Å². The number of aliphatic hydroxyl groups is 2. The minimum Gasteiger partial charge on any atom is -0.496 e. The molecule has 1 fully saturated rings. The summed E-state index contributed by atoms with van der Waals surface area (Å²) in [4.78, 5) is 24.4. The lowest BCUT2D eigenvalue weighted by Gasteiger charge is -2.32. The summed E-state index contributed by atoms with van der Waals surface area (Å²) in [7, 11) is 3.73. The number of rotatable bonds is 16. The van der Waals surface area contributed by atoms with E-state index in [2.05, 4.69) is 31.8 Å². The van der Waals surface area contributed by atoms with Gasteiger partial charge in [0, 0.05) is 55.8 Å². The predicted molar refractivity (Wildman–Crippen MR) is 239 cm³/mol. The molecule has 1 unspecified atom stereocenters. The van der Waals surface area contributed by atoms with Crippen LogP contribution in [0.25, 0.3) is 43.2 Å². The number of aliphatic hydroxyl groups excluding tert-OH is 1. The van der Waals surface area contributed by atoms with Gasteiger partial charge in [-0.05, 0) is 78.7 Å². The van der Waals surface area contributed by atoms with Gasteiger partial charge in [-0.15, -0.1) is 11.3 Å². The number of nitrogens with zero attached hydrogens (tertiary/aromatic N) is 6. The highest BCUT2D eigenvalue weighted by Gasteiger charge is 2.28. The van der Waals surface area contributed by atoms with E-state index in [1.165, 1.54) is 29.8 Å². The Bertz CT molecular complexity index is 2640. The molecule has 2 N–H and O–H groups in total. The Morgan fingerprint density at radius 2 is 1.60 bits per heavy atom. The maximum Gasteiger partial charge on any atom is 0.226 e. The number of ether oxygens (including phenoxy) is 4. The van der Waals surface area contributed by atoms with Gasteiger partial charge in [0.1, 0.15) is 47.4 Å². The summed E-state index contributed by atoms with van der Waals surface area (Å²) in [5.74, 6) is 2.01. The highest BCUT2D eigenvalue weighted by atomic mass is 35.5. The van der Waals surface area contributed by atoms with Crippen molar-refractivity contribution in [2.45, 2.75) is 32.3 Å². The van der Waals surface area contributed by atoms with Crippen LogP contribution >= 0.6 is 22.9 Å². The molecule has 7 aromatic rings. The lowest BCUT2D eigenvalue weighted by molar-refractivity contribution is -0.112. The van der Waals surface area contributed by atoms with E-state index in [0.29, 0.717) is 61.7 Å². The monoisotopic (exact) mass is 876 g/mol. The minimum absolute atomic E-state index is 0.0465. The second-order valence-electron chi connectivity index (χ2n) is 15.0. The molecule has 4 aromatic carbocycles. The van der Waals surface area contributed by atoms with Crippen LogP contribution in [0.5, 0.6) is 23.1 Å². The normalized spacial score (nSPS) is 14.0. The quantitative estimate of drug-likeness (QED) is 0.0909. The van der Waals surface area contributed by atoms with Gasteiger partial charge in [-0.1, -0.05) is 60.1 Å². The van der Waals surface area contributed by atoms with Crippen LogP contribution in [0.15, 0.2) is 104 Å². The number of para-hydroxylation sites is 2. The molecule has 12 nitrogen and oxygen atoms in total. The third-order valence-electron chi connectivity index (χ3n) is 10.9. The van der Waals surface area contributed by atoms with E-state index in [1.807, 2.05) is 61.5 Å². The van der Waals surface area contributed by atoms with Gasteiger partial charge in [0.15, 0.2) is 18.2 Å². The van der Waals surface area contributed by atoms with Crippen LogP contribution in [0.3, 0.4) is 0 Å². The third kappa shape index (κ3) is 9.65. The topological polar surface area (TPSA) is 135 Å². The molecule has 320 valence electrons. The Hall–Kier alpha value is -5.74. The van der Waals surface area contributed by atoms with Crippen molar-refractivity contribution in [1.82, 2.24) is 29.7 Å². The SMILES string of the molecule is COc1ccccc1-c1nccc(COc2ccccc2CC(Oc2ncnc3sc(-c4ccc(F)cc4)c(-c4ccc(OCCN5CCN(C)CC5)c(Cl)c4C)c23)C(O)O)n1. The number of benzene rings is 4. The fraction of sp³-hybridized carbons (Fsp3) is 0.277. The average molecular weight is 877 g/mol. The summed E-state index contributed by atoms with van der Waals surface area (Å²) in [6.07, 6.45) is 0.00212. The molecule has 4 heterocycles. The summed E-state index contributed by atoms with van der Waals surface area (Å²) in [6, 6.07) is 26.7. The second kappa shape index (κ2) is 19.5. The lowest BCUT2D eigenvalue weighted by Crippen LogP contribution is -2.45. The molecule has 0 saturated carbocycles. The summed E-state index contributed by atoms with van der Waals surface area (Å²) < 4.78 is 38.7. The Morgan fingerprint density at radius 1 is 0.839 bits per heavy atom. The zero-order valence-corrected chi connectivity index (χ0v) is 36.1. The number of thiophene rings is 1. The summed E-state index contributed by atoms with van der Waals surface area (Å²) in [5.41, 5.74) is 5.04. The number of piperazine rings is 1. The number of fused-ring (bicyclic) bond motifs is 1. The van der Waals surface area contributed by atoms with Crippen molar-refractivity contribution in [3.05, 3.63) is 131 Å². The molecule has 0 amide bonds. The number of hydrogen-bond acceptors (Lipinski definition) is 13. The van der Waals surface area contributed by atoms with Gasteiger partial charge >= 0.3 is 0 Å². The van der Waals surface area contributed by atoms with Crippen LogP contribution in [0.4, 0.5) is 4.39 Å². The van der Waals surface area contributed by atoms with E-state index in [9.17, 15) is 14.6 Å². The van der Waals surface area contributed by atoms with Crippen LogP contribution in [0.1, 0.15) is 16.8 Å². The molecule has 15 heteroatoms. The fourth-order valence-corrected chi connectivity index (χ4v) is 8.80. The van der Waals surface area contributed by atoms with Crippen LogP contribution in [-0.4, -0.2) is 106 Å². The zero-order valence-electron chi connectivity index (χ0n) is 34.5. The van der Waals surface area contributed by atoms with Crippen molar-refractivity contribution in [2.75, 3.05) is 53.5 Å². The molecular formula is C47H46ClFN6O6S. The van der Waals surface area contributed by atoms with Gasteiger partial charge in [-0.25, -0.2) is 24.3 Å². The second-order valence-corrected chi connectivity index (χ2v) is 16.3. The van der Waals surface area contributed by atoms with E-state index in [-0.39, 0.29) is 24.7 Å². The standard InChI is InChI=1S/C47H46ClFN6O6S/c1-29-34(16-17-38(42(29)48)59-25-24-55-22-20-54(2)21-23-55)40-41-45(51-28-52-46(41)62-43(40)30-12-14-32(49)15-13-30)61-39(47(56)57)26-31-8-4-6-10-36(31)60-27-33-18-19-50-44(53-33)35-9-5-7-11-37(35)58-3/h4-19,28,39,47,56-57H,20-27H2,1-3H3. The van der Waals surface area contributed by atoms with Gasteiger partial charge in [0.25, 0.3) is 0 Å². The van der Waals surface area contributed by atoms with Crippen LogP contribution in [0.2, 0.25) is 5.02 Å². The molecule has 62 heavy (non-hydrogen) atoms. The average Bonchev–Trinajstić information content (AvgIpc) is 3.68. The first-order valence-corrected chi connectivity index (χ1v) is 21.4. The van der Waals surface area contributed by atoms with Crippen molar-refractivity contribution in [1.29, 1.82) is 0 Å². The van der Waals surface area contributed by atoms with Gasteiger partial charge < -0.3 is 34.1 Å². The number of hydrogen-bond donors (Lipinski definition) is 2. The molecule has 0 radical (unpaired) electrons. The van der Waals surface area contributed by atoms with Crippen molar-refractivity contribution >= 4 is 33.2 Å². The first kappa shape index (κ1) is 42.9. The smallest absolute Gasteiger partial charge is 0.226 e. The number of methoxy groups -OCH3 is 1. The van der Waals surface area contributed by atoms with Gasteiger partial charge in [0.2, 0.25) is 5.88 Å². The molecule has 1 aliphatic rings. The maximum absolute atomic E-state index is 14.2. The molecule has 1 aliphatic heterocycles. The van der Waals surface area contributed by atoms with Crippen LogP contribution in [0, 0.1) is 12.7 Å². The van der Waals surface area contributed by atoms with E-state index in [1.54, 1.807) is 37.6 Å². The van der Waals surface area contributed by atoms with E-state index in [0.717, 1.165) is 59.9 Å². The van der Waals surface area contributed by atoms with Gasteiger partial charge in [-0.2, -0.15) is 0 Å². The minimum atomic E-state index is -1.91. The molecule has 1 saturated heterocycles. The first-order valence-electron chi connectivity index (χ1n) is 20.2. The lowest BCUT2D eigenvalue weighted by atomic mass is 9.96. The molecule has 0 spiro atoms. The van der Waals surface area contributed by atoms with E-state index in [4.69, 9.17) is 35.5 Å². The molecule has 8 rings (SSSR count). The molecule has 3 aromatic heterocycles. The van der Waals surface area contributed by atoms with E-state index < -0.39 is 12.4 Å². The third-order valence-corrected chi connectivity index (χ3v) is 12.5. The van der Waals surface area contributed by atoms with Gasteiger partial charge in [-0.3, -0.25) is 4.90 Å².